The molecule has 0 unspecified atom stereocenters. The molecule has 0 radical (unpaired) electrons. The molecule has 3 atom stereocenters. The Hall–Kier alpha value is -1.69. The maximum Gasteiger partial charge on any atom is 0.330 e. The van der Waals surface area contributed by atoms with E-state index in [9.17, 15) is 14.4 Å². The van der Waals surface area contributed by atoms with Gasteiger partial charge in [0.15, 0.2) is 0 Å². The summed E-state index contributed by atoms with van der Waals surface area (Å²) in [6.07, 6.45) is 3.83. The van der Waals surface area contributed by atoms with E-state index >= 15 is 0 Å². The Morgan fingerprint density at radius 3 is 2.89 bits per heavy atom. The highest BCUT2D eigenvalue weighted by Crippen LogP contribution is 2.35. The molecule has 2 heterocycles. The lowest BCUT2D eigenvalue weighted by molar-refractivity contribution is -0.109. The molecule has 1 aliphatic rings. The van der Waals surface area contributed by atoms with Crippen LogP contribution in [0.15, 0.2) is 15.8 Å². The average Bonchev–Trinajstić information content (AvgIpc) is 2.77. The van der Waals surface area contributed by atoms with Crippen LogP contribution in [0.3, 0.4) is 0 Å². The van der Waals surface area contributed by atoms with E-state index in [-0.39, 0.29) is 17.6 Å². The topological polar surface area (TPSA) is 81.2 Å². The first kappa shape index (κ1) is 13.7. The fraction of sp³-hybridized carbons (Fsp3) is 0.615. The second-order valence-electron chi connectivity index (χ2n) is 4.91. The van der Waals surface area contributed by atoms with Crippen molar-refractivity contribution in [3.63, 3.8) is 0 Å². The van der Waals surface area contributed by atoms with Crippen molar-refractivity contribution in [3.05, 3.63) is 32.6 Å². The minimum Gasteiger partial charge on any atom is -0.354 e. The highest BCUT2D eigenvalue weighted by Gasteiger charge is 2.35. The number of carbonyl (C=O) groups excluding carboxylic acids is 1. The third kappa shape index (κ3) is 2.68. The number of aldehydes is 1. The summed E-state index contributed by atoms with van der Waals surface area (Å²) in [5.74, 6) is 0.131. The van der Waals surface area contributed by atoms with Crippen molar-refractivity contribution in [2.45, 2.75) is 45.4 Å². The predicted molar refractivity (Wildman–Crippen MR) is 69.0 cm³/mol. The Balaban J connectivity index is 2.29. The molecule has 0 spiro atoms. The third-order valence-electron chi connectivity index (χ3n) is 3.62. The molecule has 6 nitrogen and oxygen atoms in total. The molecule has 1 aromatic rings. The SMILES string of the molecule is CC[C@H]1O[C@@H](n2cc(C)c(=O)[nH]c2=O)C[C@@H]1CC=O. The van der Waals surface area contributed by atoms with Crippen LogP contribution in [0.1, 0.15) is 38.0 Å². The summed E-state index contributed by atoms with van der Waals surface area (Å²) in [6.45, 7) is 3.63. The molecule has 19 heavy (non-hydrogen) atoms. The fourth-order valence-electron chi connectivity index (χ4n) is 2.56. The maximum absolute atomic E-state index is 11.8. The Bertz CT molecular complexity index is 575. The highest BCUT2D eigenvalue weighted by molar-refractivity contribution is 5.49. The number of carbonyl (C=O) groups is 1. The van der Waals surface area contributed by atoms with Gasteiger partial charge in [0.1, 0.15) is 12.5 Å². The normalized spacial score (nSPS) is 26.5. The third-order valence-corrected chi connectivity index (χ3v) is 3.62. The van der Waals surface area contributed by atoms with Crippen LogP contribution in [-0.2, 0) is 9.53 Å². The van der Waals surface area contributed by atoms with Gasteiger partial charge in [-0.05, 0) is 25.7 Å². The minimum absolute atomic E-state index is 0.0191. The summed E-state index contributed by atoms with van der Waals surface area (Å²) in [4.78, 5) is 36.1. The van der Waals surface area contributed by atoms with E-state index < -0.39 is 11.9 Å². The van der Waals surface area contributed by atoms with Gasteiger partial charge >= 0.3 is 5.69 Å². The second-order valence-corrected chi connectivity index (χ2v) is 4.91. The first-order valence-corrected chi connectivity index (χ1v) is 6.48. The monoisotopic (exact) mass is 266 g/mol. The highest BCUT2D eigenvalue weighted by atomic mass is 16.5. The summed E-state index contributed by atoms with van der Waals surface area (Å²) >= 11 is 0. The number of nitrogens with one attached hydrogen (secondary N) is 1. The average molecular weight is 266 g/mol. The number of aromatic amines is 1. The number of H-pyrrole nitrogens is 1. The molecule has 0 amide bonds. The van der Waals surface area contributed by atoms with Gasteiger partial charge < -0.3 is 9.53 Å². The van der Waals surface area contributed by atoms with E-state index in [2.05, 4.69) is 4.98 Å². The molecule has 0 aliphatic carbocycles. The van der Waals surface area contributed by atoms with Crippen LogP contribution in [0.4, 0.5) is 0 Å². The van der Waals surface area contributed by atoms with Gasteiger partial charge in [-0.2, -0.15) is 0 Å². The number of aryl methyl sites for hydroxylation is 1. The number of hydrogen-bond donors (Lipinski definition) is 1. The number of nitrogens with zero attached hydrogens (tertiary/aromatic N) is 1. The molecule has 1 aromatic heterocycles. The van der Waals surface area contributed by atoms with Gasteiger partial charge in [0.2, 0.25) is 0 Å². The van der Waals surface area contributed by atoms with Crippen LogP contribution in [0.2, 0.25) is 0 Å². The van der Waals surface area contributed by atoms with Crippen molar-refractivity contribution in [1.82, 2.24) is 9.55 Å². The van der Waals surface area contributed by atoms with E-state index in [4.69, 9.17) is 4.74 Å². The first-order valence-electron chi connectivity index (χ1n) is 6.48. The largest absolute Gasteiger partial charge is 0.354 e. The fourth-order valence-corrected chi connectivity index (χ4v) is 2.56. The summed E-state index contributed by atoms with van der Waals surface area (Å²) in [6, 6.07) is 0. The first-order chi connectivity index (χ1) is 9.06. The van der Waals surface area contributed by atoms with Crippen molar-refractivity contribution >= 4 is 6.29 Å². The number of hydrogen-bond acceptors (Lipinski definition) is 4. The standard InChI is InChI=1S/C13H18N2O4/c1-3-10-9(4-5-16)6-11(19-10)15-7-8(2)12(17)14-13(15)18/h5,7,9-11H,3-4,6H2,1-2H3,(H,14,17,18)/t9-,10+,11+/m0/s1. The molecule has 1 aliphatic heterocycles. The predicted octanol–water partition coefficient (Wildman–Crippen LogP) is 0.748. The second kappa shape index (κ2) is 5.52. The van der Waals surface area contributed by atoms with Gasteiger partial charge in [-0.25, -0.2) is 4.79 Å². The Morgan fingerprint density at radius 2 is 2.26 bits per heavy atom. The van der Waals surface area contributed by atoms with Crippen molar-refractivity contribution in [2.24, 2.45) is 5.92 Å². The van der Waals surface area contributed by atoms with Crippen molar-refractivity contribution in [1.29, 1.82) is 0 Å². The maximum atomic E-state index is 11.8. The van der Waals surface area contributed by atoms with E-state index in [0.29, 0.717) is 18.4 Å². The Labute approximate surface area is 110 Å². The van der Waals surface area contributed by atoms with Gasteiger partial charge in [0.25, 0.3) is 5.56 Å². The van der Waals surface area contributed by atoms with E-state index in [1.807, 2.05) is 6.92 Å². The smallest absolute Gasteiger partial charge is 0.330 e. The van der Waals surface area contributed by atoms with Crippen LogP contribution >= 0.6 is 0 Å². The van der Waals surface area contributed by atoms with Crippen molar-refractivity contribution in [2.75, 3.05) is 0 Å². The zero-order chi connectivity index (χ0) is 14.0. The van der Waals surface area contributed by atoms with Crippen molar-refractivity contribution in [3.8, 4) is 0 Å². The van der Waals surface area contributed by atoms with Gasteiger partial charge in [-0.1, -0.05) is 6.92 Å². The Morgan fingerprint density at radius 1 is 1.53 bits per heavy atom. The molecule has 104 valence electrons. The van der Waals surface area contributed by atoms with E-state index in [1.165, 1.54) is 10.8 Å². The molecule has 1 N–H and O–H groups in total. The summed E-state index contributed by atoms with van der Waals surface area (Å²) in [7, 11) is 0. The molecule has 0 saturated carbocycles. The summed E-state index contributed by atoms with van der Waals surface area (Å²) in [5.41, 5.74) is -0.381. The molecular formula is C13H18N2O4. The van der Waals surface area contributed by atoms with E-state index in [0.717, 1.165) is 12.7 Å². The van der Waals surface area contributed by atoms with Crippen LogP contribution < -0.4 is 11.2 Å². The zero-order valence-electron chi connectivity index (χ0n) is 11.1. The molecular weight excluding hydrogens is 248 g/mol. The van der Waals surface area contributed by atoms with Crippen LogP contribution in [0.25, 0.3) is 0 Å². The lowest BCUT2D eigenvalue weighted by Crippen LogP contribution is -2.33. The minimum atomic E-state index is -0.470. The van der Waals surface area contributed by atoms with E-state index in [1.54, 1.807) is 6.92 Å². The number of ether oxygens (including phenoxy) is 1. The van der Waals surface area contributed by atoms with Crippen LogP contribution in [0.5, 0.6) is 0 Å². The summed E-state index contributed by atoms with van der Waals surface area (Å²) < 4.78 is 7.23. The van der Waals surface area contributed by atoms with Gasteiger partial charge in [0, 0.05) is 18.2 Å². The number of aromatic nitrogens is 2. The lowest BCUT2D eigenvalue weighted by atomic mass is 9.96. The van der Waals surface area contributed by atoms with Crippen LogP contribution in [0, 0.1) is 12.8 Å². The zero-order valence-corrected chi connectivity index (χ0v) is 11.1. The molecule has 6 heteroatoms. The quantitative estimate of drug-likeness (QED) is 0.815. The van der Waals surface area contributed by atoms with Gasteiger partial charge in [-0.15, -0.1) is 0 Å². The molecule has 1 fully saturated rings. The lowest BCUT2D eigenvalue weighted by Gasteiger charge is -2.15. The van der Waals surface area contributed by atoms with Crippen LogP contribution in [-0.4, -0.2) is 21.9 Å². The van der Waals surface area contributed by atoms with Gasteiger partial charge in [0.05, 0.1) is 6.10 Å². The Kier molecular flexibility index (Phi) is 3.99. The number of rotatable bonds is 4. The van der Waals surface area contributed by atoms with Gasteiger partial charge in [-0.3, -0.25) is 14.3 Å². The molecule has 1 saturated heterocycles. The summed E-state index contributed by atoms with van der Waals surface area (Å²) in [5, 5.41) is 0. The molecule has 2 rings (SSSR count). The molecule has 0 bridgehead atoms. The van der Waals surface area contributed by atoms with Crippen molar-refractivity contribution < 1.29 is 9.53 Å². The molecule has 0 aromatic carbocycles.